The standard InChI is InChI=1S/C20H25F3N6S/c1-13(14-10-26-28(2)11-14)27-15-4-3-6-29(7-5-15)18-17-8-16(9-20(21,22)23)30-19(17)25-12-24-18/h8,10-13,15,27H,3-7,9H2,1-2H3/t13-,15+/m0/s1. The lowest BCUT2D eigenvalue weighted by Crippen LogP contribution is -2.33. The average Bonchev–Trinajstić information content (AvgIpc) is 3.20. The van der Waals surface area contributed by atoms with Crippen molar-refractivity contribution in [1.29, 1.82) is 0 Å². The van der Waals surface area contributed by atoms with Crippen molar-refractivity contribution in [3.63, 3.8) is 0 Å². The molecule has 6 nitrogen and oxygen atoms in total. The van der Waals surface area contributed by atoms with Crippen molar-refractivity contribution in [1.82, 2.24) is 25.1 Å². The molecule has 1 aliphatic heterocycles. The number of aryl methyl sites for hydroxylation is 1. The highest BCUT2D eigenvalue weighted by Gasteiger charge is 2.29. The van der Waals surface area contributed by atoms with Gasteiger partial charge in [0.05, 0.1) is 18.0 Å². The maximum absolute atomic E-state index is 12.8. The highest BCUT2D eigenvalue weighted by molar-refractivity contribution is 7.18. The van der Waals surface area contributed by atoms with Gasteiger partial charge in [-0.25, -0.2) is 9.97 Å². The quantitative estimate of drug-likeness (QED) is 0.646. The van der Waals surface area contributed by atoms with E-state index in [1.807, 2.05) is 19.4 Å². The molecule has 0 amide bonds. The molecule has 0 aliphatic carbocycles. The predicted molar refractivity (Wildman–Crippen MR) is 112 cm³/mol. The summed E-state index contributed by atoms with van der Waals surface area (Å²) in [6.45, 7) is 3.77. The lowest BCUT2D eigenvalue weighted by molar-refractivity contribution is -0.126. The molecule has 3 aromatic heterocycles. The monoisotopic (exact) mass is 438 g/mol. The van der Waals surface area contributed by atoms with Gasteiger partial charge in [0.2, 0.25) is 0 Å². The molecule has 10 heteroatoms. The molecule has 0 bridgehead atoms. The summed E-state index contributed by atoms with van der Waals surface area (Å²) < 4.78 is 40.2. The number of thiophene rings is 1. The number of hydrogen-bond acceptors (Lipinski definition) is 6. The maximum Gasteiger partial charge on any atom is 0.393 e. The zero-order valence-corrected chi connectivity index (χ0v) is 17.8. The first-order chi connectivity index (χ1) is 14.3. The zero-order chi connectivity index (χ0) is 21.3. The Labute approximate surface area is 177 Å². The lowest BCUT2D eigenvalue weighted by atomic mass is 10.1. The minimum Gasteiger partial charge on any atom is -0.356 e. The van der Waals surface area contributed by atoms with E-state index >= 15 is 0 Å². The first-order valence-electron chi connectivity index (χ1n) is 10.1. The fourth-order valence-corrected chi connectivity index (χ4v) is 5.04. The van der Waals surface area contributed by atoms with Crippen LogP contribution in [0, 0.1) is 0 Å². The van der Waals surface area contributed by atoms with Gasteiger partial charge in [0, 0.05) is 48.9 Å². The Hall–Kier alpha value is -2.20. The Kier molecular flexibility index (Phi) is 5.97. The molecule has 1 aliphatic rings. The summed E-state index contributed by atoms with van der Waals surface area (Å²) in [6.07, 6.45) is 3.18. The van der Waals surface area contributed by atoms with E-state index in [-0.39, 0.29) is 10.9 Å². The molecule has 0 spiro atoms. The summed E-state index contributed by atoms with van der Waals surface area (Å²) in [5, 5.41) is 8.65. The van der Waals surface area contributed by atoms with Gasteiger partial charge < -0.3 is 10.2 Å². The van der Waals surface area contributed by atoms with Gasteiger partial charge in [-0.3, -0.25) is 4.68 Å². The van der Waals surface area contributed by atoms with Gasteiger partial charge in [0.1, 0.15) is 17.0 Å². The molecule has 4 heterocycles. The number of nitrogens with zero attached hydrogens (tertiary/aromatic N) is 5. The molecule has 162 valence electrons. The van der Waals surface area contributed by atoms with E-state index in [1.165, 1.54) is 6.33 Å². The predicted octanol–water partition coefficient (Wildman–Crippen LogP) is 4.24. The van der Waals surface area contributed by atoms with Crippen LogP contribution in [0.2, 0.25) is 0 Å². The van der Waals surface area contributed by atoms with E-state index in [2.05, 4.69) is 32.2 Å². The summed E-state index contributed by atoms with van der Waals surface area (Å²) in [4.78, 5) is 11.7. The number of nitrogens with one attached hydrogen (secondary N) is 1. The van der Waals surface area contributed by atoms with Crippen LogP contribution in [0.15, 0.2) is 24.8 Å². The molecule has 30 heavy (non-hydrogen) atoms. The second-order valence-corrected chi connectivity index (χ2v) is 8.99. The fourth-order valence-electron chi connectivity index (χ4n) is 4.02. The molecule has 1 N–H and O–H groups in total. The zero-order valence-electron chi connectivity index (χ0n) is 17.0. The topological polar surface area (TPSA) is 58.9 Å². The average molecular weight is 439 g/mol. The molecule has 0 aromatic carbocycles. The molecule has 1 fully saturated rings. The second kappa shape index (κ2) is 8.50. The molecular weight excluding hydrogens is 413 g/mol. The number of fused-ring (bicyclic) bond motifs is 1. The number of anilines is 1. The van der Waals surface area contributed by atoms with Gasteiger partial charge in [0.25, 0.3) is 0 Å². The minimum atomic E-state index is -4.22. The summed E-state index contributed by atoms with van der Waals surface area (Å²) in [7, 11) is 1.91. The molecule has 3 aromatic rings. The van der Waals surface area contributed by atoms with Gasteiger partial charge in [-0.2, -0.15) is 18.3 Å². The molecule has 4 rings (SSSR count). The van der Waals surface area contributed by atoms with Crippen LogP contribution < -0.4 is 10.2 Å². The largest absolute Gasteiger partial charge is 0.393 e. The Morgan fingerprint density at radius 3 is 2.83 bits per heavy atom. The van der Waals surface area contributed by atoms with E-state index in [4.69, 9.17) is 0 Å². The fraction of sp³-hybridized carbons (Fsp3) is 0.550. The number of aromatic nitrogens is 4. The minimum absolute atomic E-state index is 0.211. The maximum atomic E-state index is 12.8. The van der Waals surface area contributed by atoms with Crippen molar-refractivity contribution in [2.24, 2.45) is 7.05 Å². The van der Waals surface area contributed by atoms with Crippen molar-refractivity contribution in [2.75, 3.05) is 18.0 Å². The smallest absolute Gasteiger partial charge is 0.356 e. The van der Waals surface area contributed by atoms with Crippen molar-refractivity contribution in [2.45, 2.75) is 50.9 Å². The molecule has 0 radical (unpaired) electrons. The van der Waals surface area contributed by atoms with Gasteiger partial charge in [-0.1, -0.05) is 0 Å². The van der Waals surface area contributed by atoms with Gasteiger partial charge in [-0.15, -0.1) is 11.3 Å². The third kappa shape index (κ3) is 4.92. The van der Waals surface area contributed by atoms with Gasteiger partial charge in [0.15, 0.2) is 0 Å². The van der Waals surface area contributed by atoms with Crippen LogP contribution in [0.5, 0.6) is 0 Å². The third-order valence-electron chi connectivity index (χ3n) is 5.47. The first-order valence-corrected chi connectivity index (χ1v) is 10.9. The molecular formula is C20H25F3N6S. The van der Waals surface area contributed by atoms with E-state index < -0.39 is 12.6 Å². The Morgan fingerprint density at radius 1 is 1.27 bits per heavy atom. The van der Waals surface area contributed by atoms with Crippen molar-refractivity contribution < 1.29 is 13.2 Å². The van der Waals surface area contributed by atoms with Crippen LogP contribution in [0.1, 0.15) is 42.7 Å². The van der Waals surface area contributed by atoms with Crippen LogP contribution in [0.3, 0.4) is 0 Å². The van der Waals surface area contributed by atoms with Crippen LogP contribution in [0.4, 0.5) is 19.0 Å². The molecule has 1 saturated heterocycles. The van der Waals surface area contributed by atoms with Crippen LogP contribution in [-0.2, 0) is 13.5 Å². The molecule has 0 unspecified atom stereocenters. The lowest BCUT2D eigenvalue weighted by Gasteiger charge is -2.23. The molecule has 2 atom stereocenters. The van der Waals surface area contributed by atoms with Crippen molar-refractivity contribution in [3.05, 3.63) is 35.2 Å². The summed E-state index contributed by atoms with van der Waals surface area (Å²) in [5.41, 5.74) is 1.16. The summed E-state index contributed by atoms with van der Waals surface area (Å²) >= 11 is 1.10. The highest BCUT2D eigenvalue weighted by atomic mass is 32.1. The van der Waals surface area contributed by atoms with Crippen molar-refractivity contribution in [3.8, 4) is 0 Å². The second-order valence-electron chi connectivity index (χ2n) is 7.87. The Bertz CT molecular complexity index is 998. The van der Waals surface area contributed by atoms with Crippen LogP contribution >= 0.6 is 11.3 Å². The number of hydrogen-bond donors (Lipinski definition) is 1. The van der Waals surface area contributed by atoms with Crippen molar-refractivity contribution >= 4 is 27.4 Å². The van der Waals surface area contributed by atoms with E-state index in [1.54, 1.807) is 10.7 Å². The van der Waals surface area contributed by atoms with E-state index in [0.717, 1.165) is 60.5 Å². The SMILES string of the molecule is C[C@H](N[C@@H]1CCCN(c2ncnc3sc(CC(F)(F)F)cc23)CC1)c1cnn(C)c1. The van der Waals surface area contributed by atoms with E-state index in [9.17, 15) is 13.2 Å². The first kappa shape index (κ1) is 21.0. The van der Waals surface area contributed by atoms with Gasteiger partial charge in [-0.05, 0) is 32.3 Å². The van der Waals surface area contributed by atoms with Crippen LogP contribution in [-0.4, -0.2) is 45.1 Å². The third-order valence-corrected chi connectivity index (χ3v) is 6.52. The summed E-state index contributed by atoms with van der Waals surface area (Å²) in [6, 6.07) is 2.18. The normalized spacial score (nSPS) is 19.2. The summed E-state index contributed by atoms with van der Waals surface area (Å²) in [5.74, 6) is 0.741. The number of alkyl halides is 3. The van der Waals surface area contributed by atoms with Gasteiger partial charge >= 0.3 is 6.18 Å². The highest BCUT2D eigenvalue weighted by Crippen LogP contribution is 2.34. The van der Waals surface area contributed by atoms with Crippen LogP contribution in [0.25, 0.3) is 10.2 Å². The number of halogens is 3. The number of rotatable bonds is 5. The Morgan fingerprint density at radius 2 is 2.10 bits per heavy atom. The van der Waals surface area contributed by atoms with E-state index in [0.29, 0.717) is 10.9 Å². The Balaban J connectivity index is 1.45. The molecule has 0 saturated carbocycles.